The van der Waals surface area contributed by atoms with Crippen molar-refractivity contribution in [2.24, 2.45) is 0 Å². The predicted octanol–water partition coefficient (Wildman–Crippen LogP) is 2.70. The summed E-state index contributed by atoms with van der Waals surface area (Å²) in [6.45, 7) is 0.514. The quantitative estimate of drug-likeness (QED) is 0.830. The minimum Gasteiger partial charge on any atom is -0.407 e. The van der Waals surface area contributed by atoms with Crippen LogP contribution in [0.3, 0.4) is 0 Å². The van der Waals surface area contributed by atoms with Gasteiger partial charge in [-0.05, 0) is 6.07 Å². The standard InChI is InChI=1S/C11H12ClN3O2/c1-16-7-8-4-2-3-5-9(8)13-11-15-14-10(6-12)17-11/h2-5H,6-7H2,1H3,(H,13,15). The second-order valence-electron chi connectivity index (χ2n) is 3.35. The maximum atomic E-state index is 5.58. The van der Waals surface area contributed by atoms with Crippen molar-refractivity contribution in [2.45, 2.75) is 12.5 Å². The number of alkyl halides is 1. The van der Waals surface area contributed by atoms with Crippen molar-refractivity contribution in [2.75, 3.05) is 12.4 Å². The molecule has 0 spiro atoms. The summed E-state index contributed by atoms with van der Waals surface area (Å²) in [6.07, 6.45) is 0. The van der Waals surface area contributed by atoms with Crippen LogP contribution in [0.2, 0.25) is 0 Å². The van der Waals surface area contributed by atoms with Crippen LogP contribution in [0.25, 0.3) is 0 Å². The van der Waals surface area contributed by atoms with Crippen LogP contribution in [-0.4, -0.2) is 17.3 Å². The second-order valence-corrected chi connectivity index (χ2v) is 3.62. The molecule has 0 unspecified atom stereocenters. The molecule has 0 amide bonds. The molecule has 0 aliphatic rings. The Hall–Kier alpha value is -1.59. The molecule has 0 atom stereocenters. The zero-order valence-corrected chi connectivity index (χ0v) is 10.1. The molecule has 0 saturated heterocycles. The third-order valence-electron chi connectivity index (χ3n) is 2.14. The zero-order chi connectivity index (χ0) is 12.1. The molecule has 90 valence electrons. The number of hydrogen-bond donors (Lipinski definition) is 1. The molecule has 1 aromatic carbocycles. The van der Waals surface area contributed by atoms with Crippen LogP contribution in [-0.2, 0) is 17.2 Å². The number of hydrogen-bond acceptors (Lipinski definition) is 5. The number of para-hydroxylation sites is 1. The van der Waals surface area contributed by atoms with E-state index in [-0.39, 0.29) is 5.88 Å². The molecular formula is C11H12ClN3O2. The Balaban J connectivity index is 2.17. The van der Waals surface area contributed by atoms with Crippen molar-refractivity contribution < 1.29 is 9.15 Å². The Morgan fingerprint density at radius 2 is 2.18 bits per heavy atom. The van der Waals surface area contributed by atoms with Crippen molar-refractivity contribution in [3.63, 3.8) is 0 Å². The van der Waals surface area contributed by atoms with Gasteiger partial charge >= 0.3 is 6.01 Å². The first kappa shape index (κ1) is 11.9. The predicted molar refractivity (Wildman–Crippen MR) is 64.3 cm³/mol. The van der Waals surface area contributed by atoms with E-state index in [9.17, 15) is 0 Å². The highest BCUT2D eigenvalue weighted by molar-refractivity contribution is 6.16. The lowest BCUT2D eigenvalue weighted by Gasteiger charge is -2.07. The molecular weight excluding hydrogens is 242 g/mol. The molecule has 5 nitrogen and oxygen atoms in total. The van der Waals surface area contributed by atoms with Gasteiger partial charge in [0, 0.05) is 18.4 Å². The molecule has 2 aromatic rings. The number of aromatic nitrogens is 2. The summed E-state index contributed by atoms with van der Waals surface area (Å²) in [4.78, 5) is 0. The summed E-state index contributed by atoms with van der Waals surface area (Å²) >= 11 is 5.58. The fraction of sp³-hybridized carbons (Fsp3) is 0.273. The highest BCUT2D eigenvalue weighted by Gasteiger charge is 2.07. The Kier molecular flexibility index (Phi) is 3.95. The number of nitrogens with one attached hydrogen (secondary N) is 1. The molecule has 0 radical (unpaired) electrons. The van der Waals surface area contributed by atoms with E-state index in [1.54, 1.807) is 7.11 Å². The number of anilines is 2. The number of rotatable bonds is 5. The Morgan fingerprint density at radius 3 is 2.88 bits per heavy atom. The topological polar surface area (TPSA) is 60.2 Å². The minimum atomic E-state index is 0.203. The van der Waals surface area contributed by atoms with Crippen LogP contribution in [0.1, 0.15) is 11.5 Å². The van der Waals surface area contributed by atoms with Gasteiger partial charge in [0.15, 0.2) is 0 Å². The summed E-state index contributed by atoms with van der Waals surface area (Å²) in [5.74, 6) is 0.590. The molecule has 0 fully saturated rings. The van der Waals surface area contributed by atoms with Gasteiger partial charge in [-0.1, -0.05) is 23.3 Å². The van der Waals surface area contributed by atoms with Crippen molar-refractivity contribution in [1.82, 2.24) is 10.2 Å². The highest BCUT2D eigenvalue weighted by Crippen LogP contribution is 2.20. The van der Waals surface area contributed by atoms with Crippen LogP contribution < -0.4 is 5.32 Å². The smallest absolute Gasteiger partial charge is 0.320 e. The van der Waals surface area contributed by atoms with Crippen LogP contribution in [0, 0.1) is 0 Å². The number of halogens is 1. The average Bonchev–Trinajstić information content (AvgIpc) is 2.80. The molecule has 17 heavy (non-hydrogen) atoms. The third kappa shape index (κ3) is 2.95. The number of methoxy groups -OCH3 is 1. The van der Waals surface area contributed by atoms with E-state index in [2.05, 4.69) is 15.5 Å². The molecule has 1 aromatic heterocycles. The number of ether oxygens (including phenoxy) is 1. The molecule has 0 saturated carbocycles. The summed E-state index contributed by atoms with van der Waals surface area (Å²) in [5, 5.41) is 10.6. The van der Waals surface area contributed by atoms with E-state index in [0.29, 0.717) is 18.5 Å². The first-order chi connectivity index (χ1) is 8.33. The van der Waals surface area contributed by atoms with Gasteiger partial charge in [0.1, 0.15) is 5.88 Å². The first-order valence-corrected chi connectivity index (χ1v) is 5.59. The van der Waals surface area contributed by atoms with Gasteiger partial charge in [0.2, 0.25) is 5.89 Å². The van der Waals surface area contributed by atoms with Crippen LogP contribution in [0.5, 0.6) is 0 Å². The maximum absolute atomic E-state index is 5.58. The monoisotopic (exact) mass is 253 g/mol. The minimum absolute atomic E-state index is 0.203. The van der Waals surface area contributed by atoms with Crippen LogP contribution in [0.15, 0.2) is 28.7 Å². The SMILES string of the molecule is COCc1ccccc1Nc1nnc(CCl)o1. The van der Waals surface area contributed by atoms with Crippen LogP contribution in [0.4, 0.5) is 11.7 Å². The Labute approximate surface area is 104 Å². The fourth-order valence-electron chi connectivity index (χ4n) is 1.40. The molecule has 6 heteroatoms. The van der Waals surface area contributed by atoms with Gasteiger partial charge < -0.3 is 14.5 Å². The van der Waals surface area contributed by atoms with E-state index in [4.69, 9.17) is 20.8 Å². The van der Waals surface area contributed by atoms with Gasteiger partial charge in [-0.15, -0.1) is 16.7 Å². The molecule has 0 aliphatic carbocycles. The van der Waals surface area contributed by atoms with E-state index in [1.807, 2.05) is 24.3 Å². The van der Waals surface area contributed by atoms with E-state index < -0.39 is 0 Å². The first-order valence-electron chi connectivity index (χ1n) is 5.05. The van der Waals surface area contributed by atoms with Gasteiger partial charge in [-0.3, -0.25) is 0 Å². The molecule has 0 aliphatic heterocycles. The molecule has 0 bridgehead atoms. The summed E-state index contributed by atoms with van der Waals surface area (Å²) in [5.41, 5.74) is 1.89. The Bertz CT molecular complexity index is 487. The van der Waals surface area contributed by atoms with Crippen molar-refractivity contribution in [3.8, 4) is 0 Å². The number of nitrogens with zero attached hydrogens (tertiary/aromatic N) is 2. The summed E-state index contributed by atoms with van der Waals surface area (Å²) in [6, 6.07) is 8.06. The van der Waals surface area contributed by atoms with E-state index >= 15 is 0 Å². The lowest BCUT2D eigenvalue weighted by molar-refractivity contribution is 0.185. The maximum Gasteiger partial charge on any atom is 0.320 e. The van der Waals surface area contributed by atoms with E-state index in [1.165, 1.54) is 0 Å². The summed E-state index contributed by atoms with van der Waals surface area (Å²) in [7, 11) is 1.65. The van der Waals surface area contributed by atoms with Crippen molar-refractivity contribution in [3.05, 3.63) is 35.7 Å². The molecule has 1 N–H and O–H groups in total. The normalized spacial score (nSPS) is 10.5. The van der Waals surface area contributed by atoms with Gasteiger partial charge in [-0.25, -0.2) is 0 Å². The van der Waals surface area contributed by atoms with E-state index in [0.717, 1.165) is 11.3 Å². The zero-order valence-electron chi connectivity index (χ0n) is 9.31. The largest absolute Gasteiger partial charge is 0.407 e. The lowest BCUT2D eigenvalue weighted by atomic mass is 10.2. The van der Waals surface area contributed by atoms with Gasteiger partial charge in [0.05, 0.1) is 6.61 Å². The molecule has 1 heterocycles. The van der Waals surface area contributed by atoms with Gasteiger partial charge in [-0.2, -0.15) is 0 Å². The Morgan fingerprint density at radius 1 is 1.35 bits per heavy atom. The lowest BCUT2D eigenvalue weighted by Crippen LogP contribution is -1.97. The van der Waals surface area contributed by atoms with Gasteiger partial charge in [0.25, 0.3) is 0 Å². The fourth-order valence-corrected chi connectivity index (χ4v) is 1.50. The second kappa shape index (κ2) is 5.65. The van der Waals surface area contributed by atoms with Crippen molar-refractivity contribution >= 4 is 23.3 Å². The number of benzene rings is 1. The third-order valence-corrected chi connectivity index (χ3v) is 2.37. The van der Waals surface area contributed by atoms with Crippen molar-refractivity contribution in [1.29, 1.82) is 0 Å². The highest BCUT2D eigenvalue weighted by atomic mass is 35.5. The van der Waals surface area contributed by atoms with Crippen LogP contribution >= 0.6 is 11.6 Å². The molecule has 2 rings (SSSR count). The summed E-state index contributed by atoms with van der Waals surface area (Å²) < 4.78 is 10.4. The average molecular weight is 254 g/mol.